The molecule has 1 N–H and O–H groups in total. The Hall–Kier alpha value is -3.25. The molecule has 8 heteroatoms. The van der Waals surface area contributed by atoms with E-state index >= 15 is 0 Å². The molecule has 3 rings (SSSR count). The first-order valence-electron chi connectivity index (χ1n) is 11.0. The number of terminal acetylenes is 1. The average molecular weight is 470 g/mol. The minimum absolute atomic E-state index is 0.0922. The number of halogens is 2. The molecule has 0 saturated heterocycles. The maximum absolute atomic E-state index is 13.5. The molecule has 1 heterocycles. The summed E-state index contributed by atoms with van der Waals surface area (Å²) in [6, 6.07) is 11.7. The maximum atomic E-state index is 13.5. The predicted octanol–water partition coefficient (Wildman–Crippen LogP) is 4.47. The van der Waals surface area contributed by atoms with Gasteiger partial charge in [0.25, 0.3) is 0 Å². The number of aliphatic hydroxyl groups is 1. The molecule has 0 aliphatic rings. The average Bonchev–Trinajstić information content (AvgIpc) is 3.10. The number of rotatable bonds is 11. The van der Waals surface area contributed by atoms with Crippen LogP contribution in [0.2, 0.25) is 0 Å². The second kappa shape index (κ2) is 11.7. The van der Waals surface area contributed by atoms with E-state index in [1.54, 1.807) is 16.8 Å². The molecule has 3 aromatic rings. The van der Waals surface area contributed by atoms with Crippen LogP contribution in [-0.2, 0) is 11.3 Å². The van der Waals surface area contributed by atoms with E-state index in [2.05, 4.69) is 15.9 Å². The zero-order valence-corrected chi connectivity index (χ0v) is 19.5. The van der Waals surface area contributed by atoms with Gasteiger partial charge in [0, 0.05) is 19.1 Å². The molecular weight excluding hydrogens is 440 g/mol. The maximum Gasteiger partial charge on any atom is 0.227 e. The Bertz CT molecular complexity index is 1110. The van der Waals surface area contributed by atoms with E-state index in [0.717, 1.165) is 5.56 Å². The molecule has 0 radical (unpaired) electrons. The Morgan fingerprint density at radius 3 is 2.29 bits per heavy atom. The molecule has 34 heavy (non-hydrogen) atoms. The number of aryl methyl sites for hydroxylation is 1. The van der Waals surface area contributed by atoms with Crippen molar-refractivity contribution in [2.75, 3.05) is 19.8 Å². The van der Waals surface area contributed by atoms with Crippen LogP contribution in [0, 0.1) is 30.9 Å². The van der Waals surface area contributed by atoms with E-state index in [4.69, 9.17) is 15.9 Å². The lowest BCUT2D eigenvalue weighted by atomic mass is 10.2. The van der Waals surface area contributed by atoms with Gasteiger partial charge in [-0.25, -0.2) is 13.5 Å². The lowest BCUT2D eigenvalue weighted by molar-refractivity contribution is 0.0190. The number of ether oxygens (including phenoxy) is 2. The SMILES string of the molecule is C#CCOC[C@@H](O)CN(Cc1c(C)nn(-c2ccc(F)cc2)c1Oc1ccc(F)cc1)C(C)C. The molecule has 0 saturated carbocycles. The van der Waals surface area contributed by atoms with Crippen molar-refractivity contribution in [2.24, 2.45) is 0 Å². The van der Waals surface area contributed by atoms with Gasteiger partial charge in [-0.2, -0.15) is 5.10 Å². The number of benzene rings is 2. The zero-order valence-electron chi connectivity index (χ0n) is 19.5. The van der Waals surface area contributed by atoms with Gasteiger partial charge < -0.3 is 14.6 Å². The minimum atomic E-state index is -0.732. The van der Waals surface area contributed by atoms with Crippen molar-refractivity contribution in [1.29, 1.82) is 0 Å². The van der Waals surface area contributed by atoms with E-state index in [-0.39, 0.29) is 30.9 Å². The molecule has 0 aliphatic heterocycles. The Morgan fingerprint density at radius 1 is 1.09 bits per heavy atom. The Kier molecular flexibility index (Phi) is 8.77. The molecule has 0 amide bonds. The molecule has 0 unspecified atom stereocenters. The topological polar surface area (TPSA) is 59.8 Å². The minimum Gasteiger partial charge on any atom is -0.439 e. The first-order valence-corrected chi connectivity index (χ1v) is 11.0. The lowest BCUT2D eigenvalue weighted by Gasteiger charge is -2.28. The van der Waals surface area contributed by atoms with E-state index in [1.807, 2.05) is 20.8 Å². The number of nitrogens with zero attached hydrogens (tertiary/aromatic N) is 3. The zero-order chi connectivity index (χ0) is 24.7. The van der Waals surface area contributed by atoms with Gasteiger partial charge in [-0.1, -0.05) is 5.92 Å². The molecule has 180 valence electrons. The standard InChI is InChI=1S/C26H29F2N3O3/c1-5-14-33-17-23(32)15-30(18(2)3)16-25-19(4)29-31(22-10-6-20(27)7-11-22)26(25)34-24-12-8-21(28)9-13-24/h1,6-13,18,23,32H,14-17H2,2-4H3/t23-/m0/s1. The van der Waals surface area contributed by atoms with Crippen molar-refractivity contribution < 1.29 is 23.4 Å². The highest BCUT2D eigenvalue weighted by molar-refractivity contribution is 5.43. The van der Waals surface area contributed by atoms with Gasteiger partial charge in [0.1, 0.15) is 24.0 Å². The van der Waals surface area contributed by atoms with Gasteiger partial charge >= 0.3 is 0 Å². The number of aliphatic hydroxyl groups excluding tert-OH is 1. The van der Waals surface area contributed by atoms with Crippen LogP contribution in [-0.4, -0.2) is 51.7 Å². The second-order valence-corrected chi connectivity index (χ2v) is 8.21. The predicted molar refractivity (Wildman–Crippen MR) is 126 cm³/mol. The fourth-order valence-electron chi connectivity index (χ4n) is 3.44. The molecule has 2 aromatic carbocycles. The van der Waals surface area contributed by atoms with Crippen LogP contribution in [0.3, 0.4) is 0 Å². The molecule has 0 spiro atoms. The van der Waals surface area contributed by atoms with Crippen molar-refractivity contribution in [3.05, 3.63) is 71.4 Å². The van der Waals surface area contributed by atoms with Crippen LogP contribution < -0.4 is 4.74 Å². The first-order chi connectivity index (χ1) is 16.3. The monoisotopic (exact) mass is 469 g/mol. The fourth-order valence-corrected chi connectivity index (χ4v) is 3.44. The van der Waals surface area contributed by atoms with Crippen molar-refractivity contribution in [1.82, 2.24) is 14.7 Å². The van der Waals surface area contributed by atoms with Crippen LogP contribution in [0.25, 0.3) is 5.69 Å². The molecular formula is C26H29F2N3O3. The van der Waals surface area contributed by atoms with Crippen LogP contribution in [0.1, 0.15) is 25.1 Å². The lowest BCUT2D eigenvalue weighted by Crippen LogP contribution is -2.39. The van der Waals surface area contributed by atoms with Crippen molar-refractivity contribution in [3.8, 4) is 29.7 Å². The quantitative estimate of drug-likeness (QED) is 0.332. The number of hydrogen-bond donors (Lipinski definition) is 1. The summed E-state index contributed by atoms with van der Waals surface area (Å²) in [6.07, 6.45) is 4.47. The van der Waals surface area contributed by atoms with Crippen LogP contribution in [0.15, 0.2) is 48.5 Å². The van der Waals surface area contributed by atoms with Gasteiger partial charge in [-0.15, -0.1) is 6.42 Å². The summed E-state index contributed by atoms with van der Waals surface area (Å²) in [7, 11) is 0. The number of hydrogen-bond acceptors (Lipinski definition) is 5. The van der Waals surface area contributed by atoms with Gasteiger partial charge in [0.2, 0.25) is 5.88 Å². The van der Waals surface area contributed by atoms with Crippen molar-refractivity contribution in [3.63, 3.8) is 0 Å². The van der Waals surface area contributed by atoms with E-state index < -0.39 is 6.10 Å². The Morgan fingerprint density at radius 2 is 1.71 bits per heavy atom. The highest BCUT2D eigenvalue weighted by Gasteiger charge is 2.24. The molecule has 0 aliphatic carbocycles. The van der Waals surface area contributed by atoms with E-state index in [0.29, 0.717) is 36.1 Å². The molecule has 1 aromatic heterocycles. The Balaban J connectivity index is 1.95. The third kappa shape index (κ3) is 6.64. The van der Waals surface area contributed by atoms with Crippen molar-refractivity contribution >= 4 is 0 Å². The summed E-state index contributed by atoms with van der Waals surface area (Å²) < 4.78 is 40.0. The summed E-state index contributed by atoms with van der Waals surface area (Å²) in [6.45, 7) is 6.94. The highest BCUT2D eigenvalue weighted by Crippen LogP contribution is 2.32. The molecule has 0 bridgehead atoms. The normalized spacial score (nSPS) is 12.2. The molecule has 1 atom stereocenters. The van der Waals surface area contributed by atoms with Gasteiger partial charge in [-0.3, -0.25) is 4.90 Å². The third-order valence-electron chi connectivity index (χ3n) is 5.27. The molecule has 0 fully saturated rings. The highest BCUT2D eigenvalue weighted by atomic mass is 19.1. The Labute approximate surface area is 198 Å². The summed E-state index contributed by atoms with van der Waals surface area (Å²) in [5, 5.41) is 15.1. The van der Waals surface area contributed by atoms with Crippen LogP contribution in [0.4, 0.5) is 8.78 Å². The van der Waals surface area contributed by atoms with Gasteiger partial charge in [0.15, 0.2) is 0 Å². The van der Waals surface area contributed by atoms with Gasteiger partial charge in [-0.05, 0) is 69.3 Å². The summed E-state index contributed by atoms with van der Waals surface area (Å²) >= 11 is 0. The second-order valence-electron chi connectivity index (χ2n) is 8.21. The summed E-state index contributed by atoms with van der Waals surface area (Å²) in [5.74, 6) is 2.51. The fraction of sp³-hybridized carbons (Fsp3) is 0.346. The smallest absolute Gasteiger partial charge is 0.227 e. The summed E-state index contributed by atoms with van der Waals surface area (Å²) in [5.41, 5.74) is 2.12. The number of aromatic nitrogens is 2. The summed E-state index contributed by atoms with van der Waals surface area (Å²) in [4.78, 5) is 2.07. The van der Waals surface area contributed by atoms with Crippen LogP contribution in [0.5, 0.6) is 11.6 Å². The largest absolute Gasteiger partial charge is 0.439 e. The van der Waals surface area contributed by atoms with Crippen molar-refractivity contribution in [2.45, 2.75) is 39.5 Å². The molecule has 6 nitrogen and oxygen atoms in total. The van der Waals surface area contributed by atoms with E-state index in [1.165, 1.54) is 36.4 Å². The first kappa shape index (κ1) is 25.4. The third-order valence-corrected chi connectivity index (χ3v) is 5.27. The van der Waals surface area contributed by atoms with Crippen LogP contribution >= 0.6 is 0 Å². The van der Waals surface area contributed by atoms with Gasteiger partial charge in [0.05, 0.1) is 29.7 Å². The van der Waals surface area contributed by atoms with E-state index in [9.17, 15) is 13.9 Å².